The maximum absolute atomic E-state index is 14.8. The van der Waals surface area contributed by atoms with Gasteiger partial charge in [-0.05, 0) is 62.6 Å². The van der Waals surface area contributed by atoms with Gasteiger partial charge in [-0.15, -0.1) is 0 Å². The topological polar surface area (TPSA) is 88.0 Å². The molecule has 8 heteroatoms. The van der Waals surface area contributed by atoms with Crippen molar-refractivity contribution in [3.05, 3.63) is 40.5 Å². The third-order valence-electron chi connectivity index (χ3n) is 5.33. The van der Waals surface area contributed by atoms with E-state index in [9.17, 15) is 23.5 Å². The lowest BCUT2D eigenvalue weighted by Crippen LogP contribution is -2.30. The number of carbonyl (C=O) groups is 2. The molecule has 0 radical (unpaired) electrons. The van der Waals surface area contributed by atoms with Crippen LogP contribution in [0.3, 0.4) is 0 Å². The Kier molecular flexibility index (Phi) is 6.84. The molecule has 0 heterocycles. The highest BCUT2D eigenvalue weighted by atomic mass is 19.1. The summed E-state index contributed by atoms with van der Waals surface area (Å²) in [4.78, 5) is 27.6. The summed E-state index contributed by atoms with van der Waals surface area (Å²) in [5.41, 5.74) is -0.527. The van der Waals surface area contributed by atoms with Crippen molar-refractivity contribution < 1.29 is 28.2 Å². The normalized spacial score (nSPS) is 22.1. The van der Waals surface area contributed by atoms with Crippen LogP contribution in [-0.4, -0.2) is 41.9 Å². The predicted octanol–water partition coefficient (Wildman–Crippen LogP) is 3.80. The maximum atomic E-state index is 14.8. The number of aliphatic hydroxyl groups excluding tert-OH is 1. The van der Waals surface area contributed by atoms with Gasteiger partial charge in [0.25, 0.3) is 0 Å². The zero-order chi connectivity index (χ0) is 21.8. The van der Waals surface area contributed by atoms with Crippen molar-refractivity contribution in [1.82, 2.24) is 5.32 Å². The summed E-state index contributed by atoms with van der Waals surface area (Å²) < 4.78 is 34.6. The second-order valence-corrected chi connectivity index (χ2v) is 7.75. The number of aliphatic imine (C=N–C) groups is 1. The number of benzene rings is 1. The van der Waals surface area contributed by atoms with Gasteiger partial charge in [-0.25, -0.2) is 13.6 Å². The minimum Gasteiger partial charge on any atom is -0.506 e. The minimum absolute atomic E-state index is 0.0693. The highest BCUT2D eigenvalue weighted by Crippen LogP contribution is 2.37. The standard InChI is InChI=1S/C22H26F2N2O4/c1-3-30-22(29)18(11-25-14-6-7-14)21(28)17-10-19(23)16(9-20(17)24)13-4-5-15(8-13)26-12(2)27/h9-11,13-15,28H,3-8H2,1-2H3,(H,26,27). The number of aliphatic hydroxyl groups is 1. The molecular weight excluding hydrogens is 394 g/mol. The molecule has 1 aromatic rings. The predicted molar refractivity (Wildman–Crippen MR) is 108 cm³/mol. The Labute approximate surface area is 174 Å². The molecule has 2 unspecified atom stereocenters. The highest BCUT2D eigenvalue weighted by molar-refractivity contribution is 6.15. The van der Waals surface area contributed by atoms with Gasteiger partial charge in [0.15, 0.2) is 0 Å². The average molecular weight is 420 g/mol. The number of esters is 1. The Morgan fingerprint density at radius 1 is 1.23 bits per heavy atom. The van der Waals surface area contributed by atoms with Crippen LogP contribution in [0, 0.1) is 11.6 Å². The lowest BCUT2D eigenvalue weighted by atomic mass is 9.94. The Hall–Kier alpha value is -2.77. The molecular formula is C22H26F2N2O4. The molecule has 1 amide bonds. The molecule has 0 aromatic heterocycles. The summed E-state index contributed by atoms with van der Waals surface area (Å²) in [6.07, 6.45) is 4.75. The van der Waals surface area contributed by atoms with E-state index in [1.165, 1.54) is 13.1 Å². The van der Waals surface area contributed by atoms with Crippen LogP contribution in [0.2, 0.25) is 0 Å². The van der Waals surface area contributed by atoms with E-state index in [0.717, 1.165) is 25.0 Å². The number of nitrogens with one attached hydrogen (secondary N) is 1. The van der Waals surface area contributed by atoms with E-state index in [2.05, 4.69) is 10.3 Å². The lowest BCUT2D eigenvalue weighted by molar-refractivity contribution is -0.137. The van der Waals surface area contributed by atoms with Gasteiger partial charge in [-0.1, -0.05) is 0 Å². The molecule has 0 bridgehead atoms. The van der Waals surface area contributed by atoms with Gasteiger partial charge in [0, 0.05) is 19.2 Å². The quantitative estimate of drug-likeness (QED) is 0.304. The molecule has 2 N–H and O–H groups in total. The molecule has 2 atom stereocenters. The van der Waals surface area contributed by atoms with Gasteiger partial charge in [0.2, 0.25) is 5.91 Å². The van der Waals surface area contributed by atoms with Crippen molar-refractivity contribution in [3.63, 3.8) is 0 Å². The van der Waals surface area contributed by atoms with E-state index in [-0.39, 0.29) is 41.7 Å². The number of hydrogen-bond acceptors (Lipinski definition) is 5. The number of hydrogen-bond donors (Lipinski definition) is 2. The molecule has 2 saturated carbocycles. The summed E-state index contributed by atoms with van der Waals surface area (Å²) in [5, 5.41) is 13.4. The van der Waals surface area contributed by atoms with Gasteiger partial charge < -0.3 is 15.2 Å². The average Bonchev–Trinajstić information content (AvgIpc) is 3.40. The van der Waals surface area contributed by atoms with Gasteiger partial charge >= 0.3 is 5.97 Å². The smallest absolute Gasteiger partial charge is 0.343 e. The Morgan fingerprint density at radius 2 is 1.97 bits per heavy atom. The summed E-state index contributed by atoms with van der Waals surface area (Å²) in [7, 11) is 0. The fourth-order valence-corrected chi connectivity index (χ4v) is 3.71. The van der Waals surface area contributed by atoms with E-state index in [1.807, 2.05) is 0 Å². The van der Waals surface area contributed by atoms with Crippen LogP contribution in [0.1, 0.15) is 63.0 Å². The first kappa shape index (κ1) is 21.9. The molecule has 3 rings (SSSR count). The minimum atomic E-state index is -0.850. The van der Waals surface area contributed by atoms with Crippen LogP contribution in [0.5, 0.6) is 0 Å². The molecule has 1 aromatic carbocycles. The largest absolute Gasteiger partial charge is 0.506 e. The number of nitrogens with zero attached hydrogens (tertiary/aromatic N) is 1. The number of amides is 1. The molecule has 2 aliphatic carbocycles. The summed E-state index contributed by atoms with van der Waals surface area (Å²) in [6.45, 7) is 3.10. The SMILES string of the molecule is CCOC(=O)C(C=NC1CC1)=C(O)c1cc(F)c(C2CCC(NC(C)=O)C2)cc1F. The second-order valence-electron chi connectivity index (χ2n) is 7.75. The molecule has 2 fully saturated rings. The molecule has 162 valence electrons. The van der Waals surface area contributed by atoms with Crippen molar-refractivity contribution in [3.8, 4) is 0 Å². The number of ether oxygens (including phenoxy) is 1. The Morgan fingerprint density at radius 3 is 2.60 bits per heavy atom. The van der Waals surface area contributed by atoms with E-state index >= 15 is 0 Å². The second kappa shape index (κ2) is 9.36. The van der Waals surface area contributed by atoms with Crippen LogP contribution < -0.4 is 5.32 Å². The molecule has 2 aliphatic rings. The summed E-state index contributed by atoms with van der Waals surface area (Å²) >= 11 is 0. The first-order valence-electron chi connectivity index (χ1n) is 10.2. The highest BCUT2D eigenvalue weighted by Gasteiger charge is 2.30. The fourth-order valence-electron chi connectivity index (χ4n) is 3.71. The van der Waals surface area contributed by atoms with Gasteiger partial charge in [0.1, 0.15) is 23.0 Å². The number of halogens is 2. The number of carbonyl (C=O) groups excluding carboxylic acids is 2. The van der Waals surface area contributed by atoms with Crippen molar-refractivity contribution in [2.75, 3.05) is 6.61 Å². The van der Waals surface area contributed by atoms with Crippen LogP contribution in [0.4, 0.5) is 8.78 Å². The number of rotatable bonds is 7. The first-order chi connectivity index (χ1) is 14.3. The fraction of sp³-hybridized carbons (Fsp3) is 0.500. The lowest BCUT2D eigenvalue weighted by Gasteiger charge is -2.15. The van der Waals surface area contributed by atoms with Crippen LogP contribution in [0.25, 0.3) is 5.76 Å². The van der Waals surface area contributed by atoms with Crippen LogP contribution in [0.15, 0.2) is 22.7 Å². The Balaban J connectivity index is 1.89. The molecule has 0 spiro atoms. The summed E-state index contributed by atoms with van der Waals surface area (Å²) in [6, 6.07) is 1.96. The maximum Gasteiger partial charge on any atom is 0.343 e. The van der Waals surface area contributed by atoms with Crippen LogP contribution in [-0.2, 0) is 14.3 Å². The van der Waals surface area contributed by atoms with E-state index in [0.29, 0.717) is 19.3 Å². The van der Waals surface area contributed by atoms with Crippen molar-refractivity contribution >= 4 is 23.9 Å². The molecule has 6 nitrogen and oxygen atoms in total. The van der Waals surface area contributed by atoms with Gasteiger partial charge in [-0.3, -0.25) is 9.79 Å². The molecule has 0 aliphatic heterocycles. The molecule has 30 heavy (non-hydrogen) atoms. The van der Waals surface area contributed by atoms with E-state index in [4.69, 9.17) is 4.74 Å². The Bertz CT molecular complexity index is 893. The third kappa shape index (κ3) is 5.23. The molecule has 0 saturated heterocycles. The zero-order valence-corrected chi connectivity index (χ0v) is 17.1. The van der Waals surface area contributed by atoms with Crippen LogP contribution >= 0.6 is 0 Å². The van der Waals surface area contributed by atoms with Crippen molar-refractivity contribution in [2.24, 2.45) is 4.99 Å². The summed E-state index contributed by atoms with van der Waals surface area (Å²) in [5.74, 6) is -3.46. The van der Waals surface area contributed by atoms with Crippen molar-refractivity contribution in [2.45, 2.75) is 64.0 Å². The van der Waals surface area contributed by atoms with E-state index < -0.39 is 28.9 Å². The van der Waals surface area contributed by atoms with Crippen molar-refractivity contribution in [1.29, 1.82) is 0 Å². The van der Waals surface area contributed by atoms with Gasteiger partial charge in [0.05, 0.1) is 18.2 Å². The van der Waals surface area contributed by atoms with E-state index in [1.54, 1.807) is 6.92 Å². The zero-order valence-electron chi connectivity index (χ0n) is 17.1. The first-order valence-corrected chi connectivity index (χ1v) is 10.2. The third-order valence-corrected chi connectivity index (χ3v) is 5.33. The monoisotopic (exact) mass is 420 g/mol. The van der Waals surface area contributed by atoms with Gasteiger partial charge in [-0.2, -0.15) is 0 Å².